The van der Waals surface area contributed by atoms with Gasteiger partial charge in [0.2, 0.25) is 0 Å². The summed E-state index contributed by atoms with van der Waals surface area (Å²) in [5.74, 6) is 0.728. The Hall–Kier alpha value is -3.40. The number of rotatable bonds is 7. The fourth-order valence-electron chi connectivity index (χ4n) is 3.32. The normalized spacial score (nSPS) is 11.3. The third-order valence-electron chi connectivity index (χ3n) is 5.34. The lowest BCUT2D eigenvalue weighted by molar-refractivity contribution is -0.118. The van der Waals surface area contributed by atoms with Crippen molar-refractivity contribution >= 4 is 17.4 Å². The van der Waals surface area contributed by atoms with Crippen LogP contribution in [0.3, 0.4) is 0 Å². The van der Waals surface area contributed by atoms with E-state index in [2.05, 4.69) is 39.9 Å². The molecule has 4 nitrogen and oxygen atoms in total. The molecular weight excluding hydrogens is 398 g/mol. The molecule has 0 atom stereocenters. The highest BCUT2D eigenvalue weighted by molar-refractivity contribution is 6.09. The van der Waals surface area contributed by atoms with E-state index in [4.69, 9.17) is 4.74 Å². The second-order valence-corrected chi connectivity index (χ2v) is 9.30. The van der Waals surface area contributed by atoms with Gasteiger partial charge < -0.3 is 10.1 Å². The standard InChI is InChI=1S/C28H31NO3/c1-19(2)20-11-15-25(16-12-20)32-18-26(30)29-24-8-6-7-22(17-24)27(31)21-9-13-23(14-10-21)28(3,4)5/h6-17,19H,18H2,1-5H3,(H,29,30). The average Bonchev–Trinajstić information content (AvgIpc) is 2.77. The Morgan fingerprint density at radius 2 is 1.53 bits per heavy atom. The van der Waals surface area contributed by atoms with Gasteiger partial charge in [-0.15, -0.1) is 0 Å². The first-order chi connectivity index (χ1) is 15.1. The van der Waals surface area contributed by atoms with Crippen molar-refractivity contribution in [1.29, 1.82) is 0 Å². The van der Waals surface area contributed by atoms with Crippen LogP contribution in [0.5, 0.6) is 5.75 Å². The molecule has 0 unspecified atom stereocenters. The van der Waals surface area contributed by atoms with E-state index in [0.717, 1.165) is 0 Å². The molecular formula is C28H31NO3. The lowest BCUT2D eigenvalue weighted by Gasteiger charge is -2.19. The Labute approximate surface area is 190 Å². The van der Waals surface area contributed by atoms with Gasteiger partial charge in [-0.2, -0.15) is 0 Å². The Balaban J connectivity index is 1.61. The molecule has 3 aromatic rings. The van der Waals surface area contributed by atoms with Crippen LogP contribution >= 0.6 is 0 Å². The Kier molecular flexibility index (Phi) is 7.14. The molecule has 1 N–H and O–H groups in total. The molecule has 4 heteroatoms. The Morgan fingerprint density at radius 3 is 2.12 bits per heavy atom. The predicted octanol–water partition coefficient (Wildman–Crippen LogP) is 6.36. The van der Waals surface area contributed by atoms with Crippen LogP contribution in [0.4, 0.5) is 5.69 Å². The number of hydrogen-bond donors (Lipinski definition) is 1. The van der Waals surface area contributed by atoms with E-state index in [1.807, 2.05) is 48.5 Å². The zero-order valence-corrected chi connectivity index (χ0v) is 19.4. The predicted molar refractivity (Wildman–Crippen MR) is 130 cm³/mol. The molecule has 0 saturated heterocycles. The Bertz CT molecular complexity index is 1070. The van der Waals surface area contributed by atoms with Crippen LogP contribution in [0, 0.1) is 0 Å². The number of ketones is 1. The summed E-state index contributed by atoms with van der Waals surface area (Å²) in [7, 11) is 0. The maximum absolute atomic E-state index is 12.9. The summed E-state index contributed by atoms with van der Waals surface area (Å²) < 4.78 is 5.58. The summed E-state index contributed by atoms with van der Waals surface area (Å²) in [6, 6.07) is 22.4. The van der Waals surface area contributed by atoms with E-state index < -0.39 is 0 Å². The molecule has 3 aromatic carbocycles. The van der Waals surface area contributed by atoms with Gasteiger partial charge in [0.1, 0.15) is 5.75 Å². The van der Waals surface area contributed by atoms with Crippen LogP contribution in [-0.2, 0) is 10.2 Å². The molecule has 0 aromatic heterocycles. The van der Waals surface area contributed by atoms with Crippen LogP contribution in [0.2, 0.25) is 0 Å². The molecule has 0 aliphatic rings. The van der Waals surface area contributed by atoms with Crippen molar-refractivity contribution in [3.63, 3.8) is 0 Å². The van der Waals surface area contributed by atoms with Gasteiger partial charge in [-0.1, -0.05) is 83.1 Å². The summed E-state index contributed by atoms with van der Waals surface area (Å²) in [6.45, 7) is 10.6. The molecule has 0 saturated carbocycles. The molecule has 3 rings (SSSR count). The number of amides is 1. The number of carbonyl (C=O) groups is 2. The lowest BCUT2D eigenvalue weighted by Crippen LogP contribution is -2.20. The van der Waals surface area contributed by atoms with Gasteiger partial charge in [0.15, 0.2) is 12.4 Å². The first-order valence-electron chi connectivity index (χ1n) is 10.9. The van der Waals surface area contributed by atoms with Crippen molar-refractivity contribution in [2.75, 3.05) is 11.9 Å². The number of anilines is 1. The summed E-state index contributed by atoms with van der Waals surface area (Å²) >= 11 is 0. The summed E-state index contributed by atoms with van der Waals surface area (Å²) in [5, 5.41) is 2.80. The largest absolute Gasteiger partial charge is 0.484 e. The van der Waals surface area contributed by atoms with Crippen molar-refractivity contribution in [1.82, 2.24) is 0 Å². The first kappa shape index (κ1) is 23.3. The third-order valence-corrected chi connectivity index (χ3v) is 5.34. The molecule has 0 heterocycles. The van der Waals surface area contributed by atoms with Crippen molar-refractivity contribution in [2.24, 2.45) is 0 Å². The van der Waals surface area contributed by atoms with Crippen LogP contribution < -0.4 is 10.1 Å². The third kappa shape index (κ3) is 6.07. The van der Waals surface area contributed by atoms with E-state index in [9.17, 15) is 9.59 Å². The molecule has 166 valence electrons. The van der Waals surface area contributed by atoms with E-state index in [-0.39, 0.29) is 23.7 Å². The molecule has 32 heavy (non-hydrogen) atoms. The van der Waals surface area contributed by atoms with Crippen molar-refractivity contribution in [3.8, 4) is 5.75 Å². The van der Waals surface area contributed by atoms with Gasteiger partial charge in [0.05, 0.1) is 0 Å². The summed E-state index contributed by atoms with van der Waals surface area (Å²) in [4.78, 5) is 25.2. The summed E-state index contributed by atoms with van der Waals surface area (Å²) in [6.07, 6.45) is 0. The molecule has 0 bridgehead atoms. The van der Waals surface area contributed by atoms with Crippen LogP contribution in [0.15, 0.2) is 72.8 Å². The number of carbonyl (C=O) groups excluding carboxylic acids is 2. The van der Waals surface area contributed by atoms with Crippen molar-refractivity contribution in [2.45, 2.75) is 46.0 Å². The van der Waals surface area contributed by atoms with Gasteiger partial charge in [-0.05, 0) is 46.7 Å². The highest BCUT2D eigenvalue weighted by Crippen LogP contribution is 2.23. The van der Waals surface area contributed by atoms with Crippen LogP contribution in [-0.4, -0.2) is 18.3 Å². The van der Waals surface area contributed by atoms with Gasteiger partial charge >= 0.3 is 0 Å². The number of hydrogen-bond acceptors (Lipinski definition) is 3. The molecule has 0 radical (unpaired) electrons. The van der Waals surface area contributed by atoms with Crippen LogP contribution in [0.1, 0.15) is 67.6 Å². The van der Waals surface area contributed by atoms with E-state index in [1.165, 1.54) is 11.1 Å². The molecule has 0 aliphatic heterocycles. The van der Waals surface area contributed by atoms with E-state index in [1.54, 1.807) is 24.3 Å². The summed E-state index contributed by atoms with van der Waals surface area (Å²) in [5.41, 5.74) is 4.13. The van der Waals surface area contributed by atoms with Crippen molar-refractivity contribution < 1.29 is 14.3 Å². The van der Waals surface area contributed by atoms with Gasteiger partial charge in [0.25, 0.3) is 5.91 Å². The zero-order chi connectivity index (χ0) is 23.3. The van der Waals surface area contributed by atoms with Gasteiger partial charge in [-0.3, -0.25) is 9.59 Å². The van der Waals surface area contributed by atoms with Gasteiger partial charge in [-0.25, -0.2) is 0 Å². The molecule has 1 amide bonds. The quantitative estimate of drug-likeness (QED) is 0.445. The maximum atomic E-state index is 12.9. The highest BCUT2D eigenvalue weighted by Gasteiger charge is 2.15. The minimum atomic E-state index is -0.280. The Morgan fingerprint density at radius 1 is 0.875 bits per heavy atom. The second-order valence-electron chi connectivity index (χ2n) is 9.30. The highest BCUT2D eigenvalue weighted by atomic mass is 16.5. The lowest BCUT2D eigenvalue weighted by atomic mass is 9.86. The number of ether oxygens (including phenoxy) is 1. The fourth-order valence-corrected chi connectivity index (χ4v) is 3.32. The van der Waals surface area contributed by atoms with Crippen molar-refractivity contribution in [3.05, 3.63) is 95.1 Å². The zero-order valence-electron chi connectivity index (χ0n) is 19.4. The molecule has 0 spiro atoms. The fraction of sp³-hybridized carbons (Fsp3) is 0.286. The topological polar surface area (TPSA) is 55.4 Å². The average molecular weight is 430 g/mol. The minimum Gasteiger partial charge on any atom is -0.484 e. The smallest absolute Gasteiger partial charge is 0.262 e. The van der Waals surface area contributed by atoms with E-state index >= 15 is 0 Å². The SMILES string of the molecule is CC(C)c1ccc(OCC(=O)Nc2cccc(C(=O)c3ccc(C(C)(C)C)cc3)c2)cc1. The maximum Gasteiger partial charge on any atom is 0.262 e. The minimum absolute atomic E-state index is 0.0321. The number of nitrogens with one attached hydrogen (secondary N) is 1. The molecule has 0 fully saturated rings. The van der Waals surface area contributed by atoms with Crippen LogP contribution in [0.25, 0.3) is 0 Å². The first-order valence-corrected chi connectivity index (χ1v) is 10.9. The van der Waals surface area contributed by atoms with Gasteiger partial charge in [0, 0.05) is 16.8 Å². The van der Waals surface area contributed by atoms with E-state index in [0.29, 0.717) is 28.5 Å². The second kappa shape index (κ2) is 9.82. The molecule has 0 aliphatic carbocycles. The number of benzene rings is 3. The monoisotopic (exact) mass is 429 g/mol.